The normalized spacial score (nSPS) is 24.1. The maximum Gasteiger partial charge on any atom is 0.272 e. The van der Waals surface area contributed by atoms with Crippen LogP contribution < -0.4 is 21.3 Å². The predicted octanol–water partition coefficient (Wildman–Crippen LogP) is 0.522. The van der Waals surface area contributed by atoms with Crippen LogP contribution in [0.5, 0.6) is 0 Å². The van der Waals surface area contributed by atoms with Crippen LogP contribution in [0.25, 0.3) is 0 Å². The average Bonchev–Trinajstić information content (AvgIpc) is 3.68. The Labute approximate surface area is 288 Å². The molecule has 15 nitrogen and oxygen atoms in total. The fourth-order valence-corrected chi connectivity index (χ4v) is 6.89. The second-order valence-electron chi connectivity index (χ2n) is 14.1. The van der Waals surface area contributed by atoms with Gasteiger partial charge in [-0.2, -0.15) is 0 Å². The summed E-state index contributed by atoms with van der Waals surface area (Å²) in [5.41, 5.74) is 0.0525. The quantitative estimate of drug-likeness (QED) is 0.144. The number of hydrogen-bond donors (Lipinski definition) is 5. The Morgan fingerprint density at radius 1 is 0.939 bits per heavy atom. The number of amides is 5. The molecule has 1 aromatic heterocycles. The molecule has 1 aromatic rings. The smallest absolute Gasteiger partial charge is 0.272 e. The molecule has 272 valence electrons. The van der Waals surface area contributed by atoms with Crippen molar-refractivity contribution in [2.45, 2.75) is 116 Å². The standard InChI is InChI=1S/C34H53N7O8/c1-7-8-23(29(42)33(46)37-20-9-10-20)38-32(45)28-21-11-12-25(49-17-48-6)22(21)16-41(28)34(47)27(19(4)5)40-31(44)26(18(2)3)39-30(43)24-15-35-13-14-36-24/h13-15,18-23,25-29,42H,7-12,16-17H2,1-6H3,(H,37,46)(H,38,45)(H,39,43)(H,40,44)/t21-,22-,23?,25+,26+,27-,28-,29?/m0/s1. The van der Waals surface area contributed by atoms with Gasteiger partial charge in [0.15, 0.2) is 6.10 Å². The van der Waals surface area contributed by atoms with Crippen molar-refractivity contribution < 1.29 is 38.6 Å². The van der Waals surface area contributed by atoms with E-state index in [0.29, 0.717) is 25.7 Å². The van der Waals surface area contributed by atoms with E-state index in [2.05, 4.69) is 31.2 Å². The van der Waals surface area contributed by atoms with Crippen LogP contribution in [0.1, 0.15) is 83.6 Å². The van der Waals surface area contributed by atoms with Gasteiger partial charge in [0, 0.05) is 38.0 Å². The van der Waals surface area contributed by atoms with Gasteiger partial charge < -0.3 is 40.7 Å². The highest BCUT2D eigenvalue weighted by Crippen LogP contribution is 2.44. The molecule has 2 unspecified atom stereocenters. The van der Waals surface area contributed by atoms with Gasteiger partial charge >= 0.3 is 0 Å². The number of nitrogens with one attached hydrogen (secondary N) is 4. The lowest BCUT2D eigenvalue weighted by Gasteiger charge is -2.34. The number of aliphatic hydroxyl groups is 1. The van der Waals surface area contributed by atoms with Crippen molar-refractivity contribution in [3.05, 3.63) is 24.3 Å². The molecule has 3 aliphatic rings. The van der Waals surface area contributed by atoms with E-state index in [4.69, 9.17) is 9.47 Å². The first-order valence-corrected chi connectivity index (χ1v) is 17.4. The maximum atomic E-state index is 14.5. The number of aromatic nitrogens is 2. The van der Waals surface area contributed by atoms with Gasteiger partial charge in [0.2, 0.25) is 17.7 Å². The molecule has 2 heterocycles. The van der Waals surface area contributed by atoms with Crippen LogP contribution in [-0.4, -0.2) is 112 Å². The summed E-state index contributed by atoms with van der Waals surface area (Å²) in [6, 6.07) is -3.71. The lowest BCUT2D eigenvalue weighted by Crippen LogP contribution is -2.60. The third-order valence-corrected chi connectivity index (χ3v) is 9.68. The van der Waals surface area contributed by atoms with E-state index in [-0.39, 0.29) is 54.8 Å². The number of hydrogen-bond acceptors (Lipinski definition) is 10. The van der Waals surface area contributed by atoms with Crippen LogP contribution in [0.3, 0.4) is 0 Å². The summed E-state index contributed by atoms with van der Waals surface area (Å²) in [7, 11) is 1.53. The molecular weight excluding hydrogens is 634 g/mol. The topological polar surface area (TPSA) is 201 Å². The highest BCUT2D eigenvalue weighted by Gasteiger charge is 2.55. The van der Waals surface area contributed by atoms with Crippen molar-refractivity contribution in [1.82, 2.24) is 36.1 Å². The highest BCUT2D eigenvalue weighted by molar-refractivity contribution is 5.98. The van der Waals surface area contributed by atoms with Crippen molar-refractivity contribution in [2.75, 3.05) is 20.4 Å². The van der Waals surface area contributed by atoms with Gasteiger partial charge in [0.05, 0.1) is 18.3 Å². The van der Waals surface area contributed by atoms with E-state index in [9.17, 15) is 29.1 Å². The van der Waals surface area contributed by atoms with Crippen LogP contribution in [0.15, 0.2) is 18.6 Å². The minimum atomic E-state index is -1.44. The van der Waals surface area contributed by atoms with E-state index in [1.807, 2.05) is 6.92 Å². The molecule has 2 saturated carbocycles. The average molecular weight is 688 g/mol. The lowest BCUT2D eigenvalue weighted by molar-refractivity contribution is -0.144. The van der Waals surface area contributed by atoms with Crippen LogP contribution in [0.4, 0.5) is 0 Å². The zero-order valence-electron chi connectivity index (χ0n) is 29.4. The molecule has 49 heavy (non-hydrogen) atoms. The summed E-state index contributed by atoms with van der Waals surface area (Å²) >= 11 is 0. The molecule has 0 bridgehead atoms. The van der Waals surface area contributed by atoms with E-state index in [1.54, 1.807) is 27.7 Å². The molecular formula is C34H53N7O8. The highest BCUT2D eigenvalue weighted by atomic mass is 16.7. The van der Waals surface area contributed by atoms with Crippen LogP contribution >= 0.6 is 0 Å². The second-order valence-corrected chi connectivity index (χ2v) is 14.1. The first-order chi connectivity index (χ1) is 23.4. The number of ether oxygens (including phenoxy) is 2. The minimum Gasteiger partial charge on any atom is -0.381 e. The van der Waals surface area contributed by atoms with E-state index in [1.165, 1.54) is 30.6 Å². The number of methoxy groups -OCH3 is 1. The van der Waals surface area contributed by atoms with Crippen molar-refractivity contribution in [1.29, 1.82) is 0 Å². The molecule has 3 fully saturated rings. The Balaban J connectivity index is 1.56. The molecule has 1 aliphatic heterocycles. The molecule has 1 saturated heterocycles. The molecule has 8 atom stereocenters. The summed E-state index contributed by atoms with van der Waals surface area (Å²) in [6.45, 7) is 9.35. The largest absolute Gasteiger partial charge is 0.381 e. The summed E-state index contributed by atoms with van der Waals surface area (Å²) in [6.07, 6.45) is 6.41. The predicted molar refractivity (Wildman–Crippen MR) is 177 cm³/mol. The summed E-state index contributed by atoms with van der Waals surface area (Å²) in [5.74, 6) is -3.66. The van der Waals surface area contributed by atoms with Gasteiger partial charge in [0.1, 0.15) is 30.6 Å². The Morgan fingerprint density at radius 3 is 2.24 bits per heavy atom. The Bertz CT molecular complexity index is 1310. The van der Waals surface area contributed by atoms with Gasteiger partial charge in [0.25, 0.3) is 11.8 Å². The molecule has 5 amide bonds. The molecule has 4 rings (SSSR count). The first kappa shape index (κ1) is 38.1. The minimum absolute atomic E-state index is 0.0464. The lowest BCUT2D eigenvalue weighted by atomic mass is 9.91. The zero-order valence-corrected chi connectivity index (χ0v) is 29.4. The number of rotatable bonds is 17. The van der Waals surface area contributed by atoms with E-state index in [0.717, 1.165) is 12.8 Å². The van der Waals surface area contributed by atoms with Gasteiger partial charge in [-0.25, -0.2) is 4.98 Å². The van der Waals surface area contributed by atoms with Crippen molar-refractivity contribution in [3.8, 4) is 0 Å². The van der Waals surface area contributed by atoms with E-state index < -0.39 is 59.8 Å². The summed E-state index contributed by atoms with van der Waals surface area (Å²) < 4.78 is 11.1. The Hall–Kier alpha value is -3.69. The SMILES string of the molecule is CCCC(NC(=O)[C@@H]1[C@H]2CC[C@@H](OCOC)[C@H]2CN1C(=O)[C@@H](NC(=O)[C@H](NC(=O)c1cnccn1)C(C)C)C(C)C)C(O)C(=O)NC1CC1. The van der Waals surface area contributed by atoms with Gasteiger partial charge in [-0.15, -0.1) is 0 Å². The monoisotopic (exact) mass is 687 g/mol. The van der Waals surface area contributed by atoms with E-state index >= 15 is 0 Å². The number of fused-ring (bicyclic) bond motifs is 1. The van der Waals surface area contributed by atoms with Gasteiger partial charge in [-0.05, 0) is 49.9 Å². The third-order valence-electron chi connectivity index (χ3n) is 9.68. The van der Waals surface area contributed by atoms with Crippen molar-refractivity contribution >= 4 is 29.5 Å². The molecule has 0 radical (unpaired) electrons. The van der Waals surface area contributed by atoms with Crippen LogP contribution in [0, 0.1) is 23.7 Å². The fraction of sp³-hybridized carbons (Fsp3) is 0.735. The maximum absolute atomic E-state index is 14.5. The van der Waals surface area contributed by atoms with Gasteiger partial charge in [-0.1, -0.05) is 41.0 Å². The van der Waals surface area contributed by atoms with Crippen LogP contribution in [-0.2, 0) is 28.7 Å². The van der Waals surface area contributed by atoms with Crippen molar-refractivity contribution in [3.63, 3.8) is 0 Å². The molecule has 15 heteroatoms. The van der Waals surface area contributed by atoms with Gasteiger partial charge in [-0.3, -0.25) is 29.0 Å². The number of likely N-dealkylation sites (tertiary alicyclic amines) is 1. The third kappa shape index (κ3) is 9.51. The number of aliphatic hydroxyl groups excluding tert-OH is 1. The Kier molecular flexibility index (Phi) is 13.5. The number of nitrogens with zero attached hydrogens (tertiary/aromatic N) is 3. The van der Waals surface area contributed by atoms with Crippen LogP contribution in [0.2, 0.25) is 0 Å². The van der Waals surface area contributed by atoms with Crippen molar-refractivity contribution in [2.24, 2.45) is 23.7 Å². The molecule has 2 aliphatic carbocycles. The number of carbonyl (C=O) groups excluding carboxylic acids is 5. The molecule has 5 N–H and O–H groups in total. The number of carbonyl (C=O) groups is 5. The second kappa shape index (κ2) is 17.3. The summed E-state index contributed by atoms with van der Waals surface area (Å²) in [5, 5.41) is 22.2. The fourth-order valence-electron chi connectivity index (χ4n) is 6.89. The summed E-state index contributed by atoms with van der Waals surface area (Å²) in [4.78, 5) is 77.4. The first-order valence-electron chi connectivity index (χ1n) is 17.4. The zero-order chi connectivity index (χ0) is 35.8. The molecule has 0 spiro atoms. The molecule has 0 aromatic carbocycles. The Morgan fingerprint density at radius 2 is 1.65 bits per heavy atom.